The van der Waals surface area contributed by atoms with Crippen molar-refractivity contribution < 1.29 is 9.53 Å². The third-order valence-electron chi connectivity index (χ3n) is 3.74. The molecule has 2 aromatic rings. The van der Waals surface area contributed by atoms with Crippen LogP contribution in [-0.4, -0.2) is 28.3 Å². The van der Waals surface area contributed by atoms with Gasteiger partial charge in [-0.2, -0.15) is 0 Å². The lowest BCUT2D eigenvalue weighted by Crippen LogP contribution is -2.05. The van der Waals surface area contributed by atoms with E-state index in [1.165, 1.54) is 35.1 Å². The molecule has 2 heterocycles. The van der Waals surface area contributed by atoms with Crippen molar-refractivity contribution in [3.05, 3.63) is 16.3 Å². The van der Waals surface area contributed by atoms with Gasteiger partial charge in [0.25, 0.3) is 0 Å². The van der Waals surface area contributed by atoms with E-state index in [0.29, 0.717) is 18.8 Å². The molecule has 118 valence electrons. The summed E-state index contributed by atoms with van der Waals surface area (Å²) in [6.45, 7) is 4.21. The summed E-state index contributed by atoms with van der Waals surface area (Å²) in [5.74, 6) is 1.38. The first-order chi connectivity index (χ1) is 10.7. The zero-order valence-electron chi connectivity index (χ0n) is 13.0. The molecule has 0 aromatic carbocycles. The SMILES string of the molecule is CCOC(=O)CCSc1nc(C)nc2sc3c(c12)CCCC3. The minimum atomic E-state index is -0.135. The molecule has 0 radical (unpaired) electrons. The summed E-state index contributed by atoms with van der Waals surface area (Å²) in [5, 5.41) is 2.27. The summed E-state index contributed by atoms with van der Waals surface area (Å²) in [7, 11) is 0. The molecule has 0 spiro atoms. The number of fused-ring (bicyclic) bond motifs is 3. The Morgan fingerprint density at radius 2 is 2.14 bits per heavy atom. The standard InChI is InChI=1S/C16H20N2O2S2/c1-3-20-13(19)8-9-21-15-14-11-6-4-5-7-12(11)22-16(14)18-10(2)17-15/h3-9H2,1-2H3. The van der Waals surface area contributed by atoms with Gasteiger partial charge in [-0.1, -0.05) is 0 Å². The molecule has 0 N–H and O–H groups in total. The highest BCUT2D eigenvalue weighted by molar-refractivity contribution is 7.99. The molecular weight excluding hydrogens is 316 g/mol. The third kappa shape index (κ3) is 3.27. The Morgan fingerprint density at radius 3 is 2.95 bits per heavy atom. The summed E-state index contributed by atoms with van der Waals surface area (Å²) < 4.78 is 4.98. The molecule has 3 rings (SSSR count). The molecule has 0 aliphatic heterocycles. The topological polar surface area (TPSA) is 52.1 Å². The number of esters is 1. The molecule has 0 saturated carbocycles. The number of aryl methyl sites for hydroxylation is 3. The van der Waals surface area contributed by atoms with Gasteiger partial charge in [-0.3, -0.25) is 4.79 Å². The van der Waals surface area contributed by atoms with Crippen LogP contribution in [0.25, 0.3) is 10.2 Å². The fourth-order valence-corrected chi connectivity index (χ4v) is 5.19. The van der Waals surface area contributed by atoms with Crippen LogP contribution >= 0.6 is 23.1 Å². The average molecular weight is 336 g/mol. The fraction of sp³-hybridized carbons (Fsp3) is 0.562. The number of carbonyl (C=O) groups is 1. The predicted molar refractivity (Wildman–Crippen MR) is 90.8 cm³/mol. The minimum Gasteiger partial charge on any atom is -0.466 e. The van der Waals surface area contributed by atoms with E-state index in [-0.39, 0.29) is 5.97 Å². The third-order valence-corrected chi connectivity index (χ3v) is 5.91. The summed E-state index contributed by atoms with van der Waals surface area (Å²) in [5.41, 5.74) is 1.45. The van der Waals surface area contributed by atoms with Gasteiger partial charge < -0.3 is 4.74 Å². The number of aromatic nitrogens is 2. The fourth-order valence-electron chi connectivity index (χ4n) is 2.79. The Morgan fingerprint density at radius 1 is 1.32 bits per heavy atom. The molecule has 22 heavy (non-hydrogen) atoms. The average Bonchev–Trinajstić information content (AvgIpc) is 2.85. The second-order valence-corrected chi connectivity index (χ2v) is 7.54. The Bertz CT molecular complexity index is 697. The molecule has 2 aromatic heterocycles. The zero-order valence-corrected chi connectivity index (χ0v) is 14.6. The van der Waals surface area contributed by atoms with Gasteiger partial charge in [-0.05, 0) is 45.1 Å². The van der Waals surface area contributed by atoms with Gasteiger partial charge in [-0.15, -0.1) is 23.1 Å². The van der Waals surface area contributed by atoms with Crippen molar-refractivity contribution in [2.24, 2.45) is 0 Å². The van der Waals surface area contributed by atoms with E-state index in [0.717, 1.165) is 22.1 Å². The Balaban J connectivity index is 1.85. The van der Waals surface area contributed by atoms with Gasteiger partial charge >= 0.3 is 5.97 Å². The van der Waals surface area contributed by atoms with Gasteiger partial charge in [0.2, 0.25) is 0 Å². The van der Waals surface area contributed by atoms with E-state index < -0.39 is 0 Å². The highest BCUT2D eigenvalue weighted by atomic mass is 32.2. The molecule has 0 fully saturated rings. The lowest BCUT2D eigenvalue weighted by atomic mass is 9.97. The largest absolute Gasteiger partial charge is 0.466 e. The zero-order chi connectivity index (χ0) is 15.5. The number of hydrogen-bond donors (Lipinski definition) is 0. The van der Waals surface area contributed by atoms with Gasteiger partial charge in [0.15, 0.2) is 0 Å². The van der Waals surface area contributed by atoms with Crippen molar-refractivity contribution >= 4 is 39.3 Å². The number of carbonyl (C=O) groups excluding carboxylic acids is 1. The van der Waals surface area contributed by atoms with Crippen LogP contribution in [0.15, 0.2) is 5.03 Å². The van der Waals surface area contributed by atoms with Crippen LogP contribution in [0.2, 0.25) is 0 Å². The van der Waals surface area contributed by atoms with Gasteiger partial charge in [0.1, 0.15) is 15.7 Å². The van der Waals surface area contributed by atoms with Crippen LogP contribution in [0.1, 0.15) is 42.5 Å². The number of thioether (sulfide) groups is 1. The van der Waals surface area contributed by atoms with Crippen LogP contribution in [0.5, 0.6) is 0 Å². The van der Waals surface area contributed by atoms with Crippen molar-refractivity contribution in [1.82, 2.24) is 9.97 Å². The smallest absolute Gasteiger partial charge is 0.306 e. The second kappa shape index (κ2) is 6.96. The lowest BCUT2D eigenvalue weighted by Gasteiger charge is -2.11. The van der Waals surface area contributed by atoms with Crippen LogP contribution in [0.4, 0.5) is 0 Å². The number of ether oxygens (including phenoxy) is 1. The molecule has 4 nitrogen and oxygen atoms in total. The summed E-state index contributed by atoms with van der Waals surface area (Å²) in [6.07, 6.45) is 5.25. The van der Waals surface area contributed by atoms with Crippen molar-refractivity contribution in [2.75, 3.05) is 12.4 Å². The van der Waals surface area contributed by atoms with Gasteiger partial charge in [0, 0.05) is 16.0 Å². The summed E-state index contributed by atoms with van der Waals surface area (Å²) >= 11 is 3.47. The van der Waals surface area contributed by atoms with E-state index in [2.05, 4.69) is 9.97 Å². The van der Waals surface area contributed by atoms with Gasteiger partial charge in [0.05, 0.1) is 13.0 Å². The van der Waals surface area contributed by atoms with E-state index in [1.54, 1.807) is 11.8 Å². The normalized spacial score (nSPS) is 14.1. The molecule has 1 aliphatic carbocycles. The lowest BCUT2D eigenvalue weighted by molar-refractivity contribution is -0.142. The Labute approximate surface area is 138 Å². The molecular formula is C16H20N2O2S2. The maximum absolute atomic E-state index is 11.5. The van der Waals surface area contributed by atoms with E-state index >= 15 is 0 Å². The van der Waals surface area contributed by atoms with E-state index in [4.69, 9.17) is 4.74 Å². The van der Waals surface area contributed by atoms with E-state index in [9.17, 15) is 4.79 Å². The highest BCUT2D eigenvalue weighted by Crippen LogP contribution is 2.39. The molecule has 0 unspecified atom stereocenters. The monoisotopic (exact) mass is 336 g/mol. The highest BCUT2D eigenvalue weighted by Gasteiger charge is 2.20. The molecule has 1 aliphatic rings. The number of thiophene rings is 1. The minimum absolute atomic E-state index is 0.135. The first kappa shape index (κ1) is 15.7. The maximum atomic E-state index is 11.5. The van der Waals surface area contributed by atoms with Crippen molar-refractivity contribution in [1.29, 1.82) is 0 Å². The molecule has 0 amide bonds. The maximum Gasteiger partial charge on any atom is 0.306 e. The van der Waals surface area contributed by atoms with Crippen molar-refractivity contribution in [3.63, 3.8) is 0 Å². The first-order valence-electron chi connectivity index (χ1n) is 7.76. The van der Waals surface area contributed by atoms with Crippen molar-refractivity contribution in [3.8, 4) is 0 Å². The summed E-state index contributed by atoms with van der Waals surface area (Å²) in [4.78, 5) is 23.3. The predicted octanol–water partition coefficient (Wildman–Crippen LogP) is 3.92. The first-order valence-corrected chi connectivity index (χ1v) is 9.56. The Kier molecular flexibility index (Phi) is 4.98. The Hall–Kier alpha value is -1.14. The van der Waals surface area contributed by atoms with Crippen LogP contribution in [0.3, 0.4) is 0 Å². The van der Waals surface area contributed by atoms with Crippen molar-refractivity contribution in [2.45, 2.75) is 51.0 Å². The molecule has 0 bridgehead atoms. The number of hydrogen-bond acceptors (Lipinski definition) is 6. The summed E-state index contributed by atoms with van der Waals surface area (Å²) in [6, 6.07) is 0. The molecule has 6 heteroatoms. The van der Waals surface area contributed by atoms with Crippen LogP contribution in [0, 0.1) is 6.92 Å². The number of nitrogens with zero attached hydrogens (tertiary/aromatic N) is 2. The quantitative estimate of drug-likeness (QED) is 0.470. The number of rotatable bonds is 5. The van der Waals surface area contributed by atoms with Crippen LogP contribution in [-0.2, 0) is 22.4 Å². The second-order valence-electron chi connectivity index (χ2n) is 5.37. The van der Waals surface area contributed by atoms with Crippen LogP contribution < -0.4 is 0 Å². The van der Waals surface area contributed by atoms with E-state index in [1.807, 2.05) is 25.2 Å². The molecule has 0 saturated heterocycles. The molecule has 0 atom stereocenters. The van der Waals surface area contributed by atoms with Gasteiger partial charge in [-0.25, -0.2) is 9.97 Å².